The van der Waals surface area contributed by atoms with Crippen molar-refractivity contribution in [3.63, 3.8) is 0 Å². The van der Waals surface area contributed by atoms with Crippen LogP contribution in [0.1, 0.15) is 41.2 Å². The number of nitrogens with zero attached hydrogens (tertiary/aromatic N) is 2. The number of hydrogen-bond donors (Lipinski definition) is 1. The number of aromatic hydroxyl groups is 1. The van der Waals surface area contributed by atoms with Crippen molar-refractivity contribution in [2.45, 2.75) is 36.8 Å². The van der Waals surface area contributed by atoms with Gasteiger partial charge in [0, 0.05) is 45.0 Å². The summed E-state index contributed by atoms with van der Waals surface area (Å²) in [6.45, 7) is 0.775. The van der Waals surface area contributed by atoms with Crippen molar-refractivity contribution in [3.05, 3.63) is 68.9 Å². The Morgan fingerprint density at radius 2 is 1.95 bits per heavy atom. The number of methoxy groups -OCH3 is 3. The van der Waals surface area contributed by atoms with Crippen LogP contribution in [0.5, 0.6) is 11.5 Å². The lowest BCUT2D eigenvalue weighted by molar-refractivity contribution is -0.146. The van der Waals surface area contributed by atoms with Crippen LogP contribution in [-0.4, -0.2) is 68.4 Å². The van der Waals surface area contributed by atoms with Gasteiger partial charge >= 0.3 is 5.97 Å². The second kappa shape index (κ2) is 9.92. The molecule has 0 saturated carbocycles. The van der Waals surface area contributed by atoms with Crippen LogP contribution in [0.25, 0.3) is 0 Å². The van der Waals surface area contributed by atoms with E-state index in [9.17, 15) is 14.7 Å². The predicted octanol–water partition coefficient (Wildman–Crippen LogP) is 4.05. The molecule has 9 nitrogen and oxygen atoms in total. The first-order valence-electron chi connectivity index (χ1n) is 13.2. The lowest BCUT2D eigenvalue weighted by atomic mass is 9.53. The molecule has 2 heterocycles. The van der Waals surface area contributed by atoms with Crippen molar-refractivity contribution < 1.29 is 33.7 Å². The topological polar surface area (TPSA) is 107 Å². The maximum atomic E-state index is 13.3. The first kappa shape index (κ1) is 26.8. The highest BCUT2D eigenvalue weighted by Crippen LogP contribution is 2.59. The average Bonchev–Trinajstić information content (AvgIpc) is 3.39. The maximum Gasteiger partial charge on any atom is 0.319 e. The molecule has 0 aromatic heterocycles. The van der Waals surface area contributed by atoms with Crippen LogP contribution in [0.4, 0.5) is 0 Å². The van der Waals surface area contributed by atoms with Crippen molar-refractivity contribution in [2.24, 2.45) is 17.0 Å². The Morgan fingerprint density at radius 1 is 1.20 bits per heavy atom. The van der Waals surface area contributed by atoms with Crippen LogP contribution < -0.4 is 4.74 Å². The van der Waals surface area contributed by atoms with Crippen LogP contribution in [0.2, 0.25) is 0 Å². The van der Waals surface area contributed by atoms with Gasteiger partial charge in [-0.05, 0) is 56.3 Å². The van der Waals surface area contributed by atoms with Gasteiger partial charge in [-0.2, -0.15) is 0 Å². The number of Topliss-reactive ketones (excluding diaryl/α,β-unsaturated/α-hetero) is 1. The third kappa shape index (κ3) is 3.87. The zero-order valence-corrected chi connectivity index (χ0v) is 24.4. The Morgan fingerprint density at radius 3 is 2.62 bits per heavy atom. The van der Waals surface area contributed by atoms with Crippen LogP contribution in [-0.2, 0) is 35.7 Å². The van der Waals surface area contributed by atoms with Gasteiger partial charge < -0.3 is 29.1 Å². The van der Waals surface area contributed by atoms with Crippen molar-refractivity contribution in [2.75, 3.05) is 34.9 Å². The molecule has 2 aromatic rings. The summed E-state index contributed by atoms with van der Waals surface area (Å²) in [6, 6.07) is 9.28. The van der Waals surface area contributed by atoms with E-state index in [1.807, 2.05) is 30.3 Å². The number of benzene rings is 2. The van der Waals surface area contributed by atoms with Crippen molar-refractivity contribution in [3.8, 4) is 11.5 Å². The van der Waals surface area contributed by atoms with E-state index in [4.69, 9.17) is 19.0 Å². The molecule has 2 bridgehead atoms. The molecular formula is C30H31BrN2O7. The highest BCUT2D eigenvalue weighted by atomic mass is 79.9. The molecule has 0 spiro atoms. The number of halogens is 1. The number of hydrogen-bond acceptors (Lipinski definition) is 9. The molecule has 6 rings (SSSR count). The molecule has 210 valence electrons. The second-order valence-electron chi connectivity index (χ2n) is 10.9. The number of carbonyl (C=O) groups excluding carboxylic acids is 2. The molecule has 1 saturated heterocycles. The highest BCUT2D eigenvalue weighted by molar-refractivity contribution is 9.10. The smallest absolute Gasteiger partial charge is 0.319 e. The largest absolute Gasteiger partial charge is 0.504 e. The standard InChI is InChI=1S/C30H31BrN2O7/c1-33-10-9-30-14-21(34)22(37-2)13-19(30)20(33)11-17-18(12-23(38-3)27(35)25(17)30)28-24(29(36)39-4)26(32-40-28)15-5-7-16(31)8-6-15/h5-8,12-13,19-20,24,28,35H,9-11,14H2,1-4H3/t19-,20+,24+,28-,30-/m1/s1. The Balaban J connectivity index is 1.55. The molecule has 40 heavy (non-hydrogen) atoms. The third-order valence-corrected chi connectivity index (χ3v) is 9.66. The van der Waals surface area contributed by atoms with Crippen LogP contribution in [0, 0.1) is 11.8 Å². The molecule has 1 N–H and O–H groups in total. The van der Waals surface area contributed by atoms with Crippen molar-refractivity contribution >= 4 is 33.4 Å². The van der Waals surface area contributed by atoms with Crippen LogP contribution in [0.15, 0.2) is 51.8 Å². The van der Waals surface area contributed by atoms with Crippen LogP contribution >= 0.6 is 15.9 Å². The van der Waals surface area contributed by atoms with E-state index < -0.39 is 23.4 Å². The number of phenols is 1. The zero-order valence-electron chi connectivity index (χ0n) is 22.8. The number of piperidine rings is 1. The number of phenolic OH excluding ortho intramolecular Hbond substituents is 1. The second-order valence-corrected chi connectivity index (χ2v) is 11.8. The molecule has 0 unspecified atom stereocenters. The number of esters is 1. The van der Waals surface area contributed by atoms with E-state index in [1.54, 1.807) is 6.07 Å². The van der Waals surface area contributed by atoms with Crippen LogP contribution in [0.3, 0.4) is 0 Å². The fraction of sp³-hybridized carbons (Fsp3) is 0.433. The van der Waals surface area contributed by atoms with Gasteiger partial charge in [-0.25, -0.2) is 0 Å². The first-order chi connectivity index (χ1) is 19.2. The average molecular weight is 611 g/mol. The minimum Gasteiger partial charge on any atom is -0.504 e. The SMILES string of the molecule is COC(=O)[C@H]1C(c2ccc(Br)cc2)=NO[C@@H]1c1cc(OC)c(O)c2c1C[C@H]1[C@H]3C=C(OC)C(=O)C[C@@]23CCN1C. The van der Waals surface area contributed by atoms with Crippen molar-refractivity contribution in [1.82, 2.24) is 4.90 Å². The molecule has 0 radical (unpaired) electrons. The number of ether oxygens (including phenoxy) is 3. The summed E-state index contributed by atoms with van der Waals surface area (Å²) in [5.74, 6) is -0.809. The number of likely N-dealkylation sites (N-methyl/N-ethyl adjacent to an activating group) is 1. The summed E-state index contributed by atoms with van der Waals surface area (Å²) in [5.41, 5.74) is 2.81. The van der Waals surface area contributed by atoms with Gasteiger partial charge in [0.15, 0.2) is 29.1 Å². The molecule has 10 heteroatoms. The molecule has 2 aromatic carbocycles. The number of likely N-dealkylation sites (tertiary alicyclic amines) is 1. The Bertz CT molecular complexity index is 1450. The third-order valence-electron chi connectivity index (χ3n) is 9.13. The van der Waals surface area contributed by atoms with E-state index in [-0.39, 0.29) is 35.7 Å². The molecular weight excluding hydrogens is 580 g/mol. The molecule has 4 aliphatic rings. The zero-order chi connectivity index (χ0) is 28.3. The number of oxime groups is 1. The van der Waals surface area contributed by atoms with E-state index in [0.717, 1.165) is 22.1 Å². The van der Waals surface area contributed by atoms with Gasteiger partial charge in [-0.3, -0.25) is 9.59 Å². The lowest BCUT2D eigenvalue weighted by Crippen LogP contribution is -2.60. The number of allylic oxidation sites excluding steroid dienone is 1. The summed E-state index contributed by atoms with van der Waals surface area (Å²) >= 11 is 3.45. The number of carbonyl (C=O) groups is 2. The Labute approximate surface area is 240 Å². The van der Waals surface area contributed by atoms with Gasteiger partial charge in [-0.1, -0.05) is 33.2 Å². The maximum absolute atomic E-state index is 13.3. The lowest BCUT2D eigenvalue weighted by Gasteiger charge is -2.57. The molecule has 5 atom stereocenters. The summed E-state index contributed by atoms with van der Waals surface area (Å²) in [5, 5.41) is 16.0. The van der Waals surface area contributed by atoms with Gasteiger partial charge in [0.05, 0.1) is 21.3 Å². The summed E-state index contributed by atoms with van der Waals surface area (Å²) < 4.78 is 17.2. The number of fused-ring (bicyclic) bond motifs is 1. The fourth-order valence-corrected chi connectivity index (χ4v) is 7.47. The fourth-order valence-electron chi connectivity index (χ4n) is 7.21. The minimum atomic E-state index is -0.842. The van der Waals surface area contributed by atoms with E-state index in [2.05, 4.69) is 33.0 Å². The first-order valence-corrected chi connectivity index (χ1v) is 14.0. The summed E-state index contributed by atoms with van der Waals surface area (Å²) in [7, 11) is 6.44. The van der Waals surface area contributed by atoms with Gasteiger partial charge in [-0.15, -0.1) is 0 Å². The summed E-state index contributed by atoms with van der Waals surface area (Å²) in [6.07, 6.45) is 2.59. The quantitative estimate of drug-likeness (QED) is 0.505. The molecule has 0 amide bonds. The van der Waals surface area contributed by atoms with Gasteiger partial charge in [0.25, 0.3) is 0 Å². The van der Waals surface area contributed by atoms with E-state index >= 15 is 0 Å². The Kier molecular flexibility index (Phi) is 6.65. The predicted molar refractivity (Wildman–Crippen MR) is 149 cm³/mol. The normalized spacial score (nSPS) is 29.0. The number of rotatable bonds is 5. The molecule has 1 fully saturated rings. The number of ketones is 1. The van der Waals surface area contributed by atoms with Crippen molar-refractivity contribution in [1.29, 1.82) is 0 Å². The Hall–Kier alpha value is -3.37. The van der Waals surface area contributed by atoms with E-state index in [1.165, 1.54) is 21.3 Å². The minimum absolute atomic E-state index is 0.0259. The van der Waals surface area contributed by atoms with Gasteiger partial charge in [0.1, 0.15) is 11.6 Å². The summed E-state index contributed by atoms with van der Waals surface area (Å²) in [4.78, 5) is 34.9. The highest BCUT2D eigenvalue weighted by Gasteiger charge is 2.58. The van der Waals surface area contributed by atoms with E-state index in [0.29, 0.717) is 35.4 Å². The van der Waals surface area contributed by atoms with Gasteiger partial charge in [0.2, 0.25) is 0 Å². The molecule has 2 aliphatic carbocycles. The monoisotopic (exact) mass is 610 g/mol. The molecule has 2 aliphatic heterocycles.